The summed E-state index contributed by atoms with van der Waals surface area (Å²) in [6.45, 7) is 1.33. The molecule has 2 N–H and O–H groups in total. The number of alkyl halides is 2. The molecule has 106 valence electrons. The molecule has 1 saturated heterocycles. The lowest BCUT2D eigenvalue weighted by molar-refractivity contribution is -0.0625. The molecule has 1 aliphatic carbocycles. The zero-order chi connectivity index (χ0) is 13.5. The Hall–Kier alpha value is -0.590. The van der Waals surface area contributed by atoms with Crippen LogP contribution >= 0.6 is 11.3 Å². The quantitative estimate of drug-likeness (QED) is 0.926. The minimum Gasteiger partial charge on any atom is -0.329 e. The molecule has 0 amide bonds. The van der Waals surface area contributed by atoms with E-state index in [0.717, 1.165) is 5.69 Å². The molecule has 2 fully saturated rings. The summed E-state index contributed by atoms with van der Waals surface area (Å²) >= 11 is 1.62. The van der Waals surface area contributed by atoms with Gasteiger partial charge in [-0.2, -0.15) is 0 Å². The zero-order valence-corrected chi connectivity index (χ0v) is 11.6. The van der Waals surface area contributed by atoms with Crippen molar-refractivity contribution >= 4 is 11.3 Å². The van der Waals surface area contributed by atoms with Crippen LogP contribution in [-0.2, 0) is 0 Å². The van der Waals surface area contributed by atoms with E-state index in [4.69, 9.17) is 5.73 Å². The first-order valence-corrected chi connectivity index (χ1v) is 7.74. The monoisotopic (exact) mass is 287 g/mol. The first-order chi connectivity index (χ1) is 9.11. The molecule has 6 heteroatoms. The molecule has 0 aromatic carbocycles. The van der Waals surface area contributed by atoms with Crippen LogP contribution in [0.15, 0.2) is 5.51 Å². The number of nitrogens with zero attached hydrogens (tertiary/aromatic N) is 2. The van der Waals surface area contributed by atoms with Crippen LogP contribution in [0.25, 0.3) is 0 Å². The van der Waals surface area contributed by atoms with Crippen molar-refractivity contribution in [1.29, 1.82) is 0 Å². The maximum Gasteiger partial charge on any atom is 0.250 e. The van der Waals surface area contributed by atoms with Crippen molar-refractivity contribution < 1.29 is 8.78 Å². The maximum absolute atomic E-state index is 13.2. The first kappa shape index (κ1) is 13.4. The van der Waals surface area contributed by atoms with E-state index < -0.39 is 5.92 Å². The van der Waals surface area contributed by atoms with Gasteiger partial charge in [0.25, 0.3) is 5.92 Å². The van der Waals surface area contributed by atoms with Gasteiger partial charge >= 0.3 is 0 Å². The molecule has 2 aliphatic rings. The Morgan fingerprint density at radius 3 is 2.68 bits per heavy atom. The van der Waals surface area contributed by atoms with Gasteiger partial charge in [-0.3, -0.25) is 4.90 Å². The van der Waals surface area contributed by atoms with Gasteiger partial charge in [0.05, 0.1) is 17.2 Å². The van der Waals surface area contributed by atoms with E-state index in [1.807, 2.05) is 5.51 Å². The fourth-order valence-corrected chi connectivity index (χ4v) is 3.78. The predicted molar refractivity (Wildman–Crippen MR) is 71.6 cm³/mol. The summed E-state index contributed by atoms with van der Waals surface area (Å²) in [7, 11) is 0. The second-order valence-corrected chi connectivity index (χ2v) is 6.41. The van der Waals surface area contributed by atoms with Crippen LogP contribution in [0.2, 0.25) is 0 Å². The van der Waals surface area contributed by atoms with Crippen molar-refractivity contribution in [2.45, 2.75) is 43.6 Å². The summed E-state index contributed by atoms with van der Waals surface area (Å²) in [6, 6.07) is 0.0687. The van der Waals surface area contributed by atoms with E-state index in [9.17, 15) is 8.78 Å². The fraction of sp³-hybridized carbons (Fsp3) is 0.769. The van der Waals surface area contributed by atoms with Gasteiger partial charge in [-0.25, -0.2) is 13.8 Å². The van der Waals surface area contributed by atoms with Crippen molar-refractivity contribution in [2.24, 2.45) is 5.73 Å². The maximum atomic E-state index is 13.2. The number of aromatic nitrogens is 1. The van der Waals surface area contributed by atoms with Gasteiger partial charge < -0.3 is 5.73 Å². The van der Waals surface area contributed by atoms with Crippen molar-refractivity contribution in [3.05, 3.63) is 16.1 Å². The number of thiazole rings is 1. The summed E-state index contributed by atoms with van der Waals surface area (Å²) in [5, 5.41) is 0. The molecule has 3 nitrogen and oxygen atoms in total. The van der Waals surface area contributed by atoms with Crippen molar-refractivity contribution in [3.8, 4) is 0 Å². The largest absolute Gasteiger partial charge is 0.329 e. The minimum atomic E-state index is -2.50. The van der Waals surface area contributed by atoms with Gasteiger partial charge in [-0.1, -0.05) is 0 Å². The summed E-state index contributed by atoms with van der Waals surface area (Å²) in [6.07, 6.45) is 2.29. The van der Waals surface area contributed by atoms with Gasteiger partial charge in [0.2, 0.25) is 0 Å². The average Bonchev–Trinajstić information content (AvgIpc) is 3.12. The Bertz CT molecular complexity index is 435. The van der Waals surface area contributed by atoms with E-state index >= 15 is 0 Å². The third-order valence-electron chi connectivity index (χ3n) is 4.08. The van der Waals surface area contributed by atoms with Gasteiger partial charge in [-0.05, 0) is 12.8 Å². The molecule has 19 heavy (non-hydrogen) atoms. The number of likely N-dealkylation sites (tertiary alicyclic amines) is 1. The van der Waals surface area contributed by atoms with Crippen LogP contribution in [-0.4, -0.2) is 35.4 Å². The van der Waals surface area contributed by atoms with Gasteiger partial charge in [0, 0.05) is 43.3 Å². The number of rotatable bonds is 4. The van der Waals surface area contributed by atoms with E-state index in [-0.39, 0.29) is 18.9 Å². The smallest absolute Gasteiger partial charge is 0.250 e. The Kier molecular flexibility index (Phi) is 3.57. The Morgan fingerprint density at radius 1 is 1.42 bits per heavy atom. The van der Waals surface area contributed by atoms with Crippen LogP contribution in [0.4, 0.5) is 8.78 Å². The third-order valence-corrected chi connectivity index (χ3v) is 5.03. The fourth-order valence-electron chi connectivity index (χ4n) is 2.76. The molecule has 1 unspecified atom stereocenters. The van der Waals surface area contributed by atoms with Crippen molar-refractivity contribution in [2.75, 3.05) is 19.6 Å². The lowest BCUT2D eigenvalue weighted by atomic mass is 10.0. The molecule has 0 radical (unpaired) electrons. The molecular formula is C13H19F2N3S. The molecule has 1 aromatic heterocycles. The van der Waals surface area contributed by atoms with Gasteiger partial charge in [-0.15, -0.1) is 11.3 Å². The van der Waals surface area contributed by atoms with Gasteiger partial charge in [0.15, 0.2) is 0 Å². The lowest BCUT2D eigenvalue weighted by Crippen LogP contribution is -2.43. The number of hydrogen-bond acceptors (Lipinski definition) is 4. The van der Waals surface area contributed by atoms with Crippen molar-refractivity contribution in [1.82, 2.24) is 9.88 Å². The summed E-state index contributed by atoms with van der Waals surface area (Å²) in [4.78, 5) is 7.77. The highest BCUT2D eigenvalue weighted by molar-refractivity contribution is 7.09. The molecule has 1 atom stereocenters. The minimum absolute atomic E-state index is 0.0545. The number of nitrogens with two attached hydrogens (primary N) is 1. The highest BCUT2D eigenvalue weighted by Gasteiger charge is 2.38. The zero-order valence-electron chi connectivity index (χ0n) is 10.8. The molecule has 1 saturated carbocycles. The third kappa shape index (κ3) is 2.80. The summed E-state index contributed by atoms with van der Waals surface area (Å²) in [5.41, 5.74) is 8.93. The van der Waals surface area contributed by atoms with Crippen LogP contribution < -0.4 is 5.73 Å². The molecule has 3 rings (SSSR count). The van der Waals surface area contributed by atoms with Crippen LogP contribution in [0.5, 0.6) is 0 Å². The van der Waals surface area contributed by atoms with Crippen LogP contribution in [0, 0.1) is 0 Å². The SMILES string of the molecule is NCC(c1scnc1C1CC1)N1CCC(F)(F)CC1. The molecule has 1 aliphatic heterocycles. The van der Waals surface area contributed by atoms with Gasteiger partial charge in [0.1, 0.15) is 0 Å². The van der Waals surface area contributed by atoms with Crippen LogP contribution in [0.1, 0.15) is 48.2 Å². The van der Waals surface area contributed by atoms with E-state index in [1.165, 1.54) is 17.7 Å². The van der Waals surface area contributed by atoms with E-state index in [0.29, 0.717) is 25.6 Å². The highest BCUT2D eigenvalue weighted by Crippen LogP contribution is 2.44. The van der Waals surface area contributed by atoms with E-state index in [2.05, 4.69) is 9.88 Å². The lowest BCUT2D eigenvalue weighted by Gasteiger charge is -2.36. The number of halogens is 2. The molecule has 0 bridgehead atoms. The number of hydrogen-bond donors (Lipinski definition) is 1. The summed E-state index contributed by atoms with van der Waals surface area (Å²) in [5.74, 6) is -1.91. The first-order valence-electron chi connectivity index (χ1n) is 6.86. The van der Waals surface area contributed by atoms with Crippen molar-refractivity contribution in [3.63, 3.8) is 0 Å². The van der Waals surface area contributed by atoms with E-state index in [1.54, 1.807) is 11.3 Å². The Labute approximate surface area is 115 Å². The molecule has 0 spiro atoms. The summed E-state index contributed by atoms with van der Waals surface area (Å²) < 4.78 is 26.5. The average molecular weight is 287 g/mol. The highest BCUT2D eigenvalue weighted by atomic mass is 32.1. The predicted octanol–water partition coefficient (Wildman–Crippen LogP) is 2.75. The normalized spacial score (nSPS) is 25.4. The topological polar surface area (TPSA) is 42.1 Å². The second kappa shape index (κ2) is 5.07. The molecule has 1 aromatic rings. The molecule has 2 heterocycles. The second-order valence-electron chi connectivity index (χ2n) is 5.52. The van der Waals surface area contributed by atoms with Crippen LogP contribution in [0.3, 0.4) is 0 Å². The number of piperidine rings is 1. The standard InChI is InChI=1S/C13H19F2N3S/c14-13(15)3-5-18(6-4-13)10(7-16)12-11(9-1-2-9)17-8-19-12/h8-10H,1-7,16H2. The Balaban J connectivity index is 1.75. The molecular weight excluding hydrogens is 268 g/mol. The Morgan fingerprint density at radius 2 is 2.11 bits per heavy atom.